The average Bonchev–Trinajstić information content (AvgIpc) is 3.22. The van der Waals surface area contributed by atoms with Crippen LogP contribution in [0.25, 0.3) is 9.75 Å². The molecule has 2 fully saturated rings. The van der Waals surface area contributed by atoms with Crippen LogP contribution in [0.15, 0.2) is 24.3 Å². The zero-order chi connectivity index (χ0) is 13.4. The number of hydrogen-bond acceptors (Lipinski definition) is 6. The lowest BCUT2D eigenvalue weighted by Crippen LogP contribution is -1.93. The van der Waals surface area contributed by atoms with E-state index in [0.29, 0.717) is 26.4 Å². The molecule has 0 bridgehead atoms. The van der Waals surface area contributed by atoms with Gasteiger partial charge in [-0.05, 0) is 24.3 Å². The Labute approximate surface area is 124 Å². The van der Waals surface area contributed by atoms with E-state index in [2.05, 4.69) is 24.3 Å². The Morgan fingerprint density at radius 2 is 1.05 bits per heavy atom. The second-order valence-electron chi connectivity index (χ2n) is 4.55. The molecule has 0 unspecified atom stereocenters. The first-order valence-electron chi connectivity index (χ1n) is 6.56. The molecule has 2 aromatic heterocycles. The molecule has 20 heavy (non-hydrogen) atoms. The van der Waals surface area contributed by atoms with Gasteiger partial charge in [0.2, 0.25) is 0 Å². The fourth-order valence-corrected chi connectivity index (χ4v) is 4.37. The van der Waals surface area contributed by atoms with Crippen molar-refractivity contribution in [1.29, 1.82) is 0 Å². The highest BCUT2D eigenvalue weighted by atomic mass is 32.1. The van der Waals surface area contributed by atoms with E-state index in [1.807, 2.05) is 0 Å². The van der Waals surface area contributed by atoms with E-state index in [0.717, 1.165) is 9.75 Å². The van der Waals surface area contributed by atoms with Gasteiger partial charge in [0.15, 0.2) is 12.6 Å². The molecule has 0 aliphatic carbocycles. The molecule has 4 heterocycles. The first-order valence-corrected chi connectivity index (χ1v) is 8.20. The maximum absolute atomic E-state index is 5.53. The minimum atomic E-state index is -0.185. The van der Waals surface area contributed by atoms with Crippen LogP contribution in [0.2, 0.25) is 0 Å². The number of ether oxygens (including phenoxy) is 4. The number of hydrogen-bond donors (Lipinski definition) is 0. The molecular formula is C14H14O4S2. The van der Waals surface area contributed by atoms with Crippen molar-refractivity contribution in [3.05, 3.63) is 34.0 Å². The Bertz CT molecular complexity index is 527. The normalized spacial score (nSPS) is 21.0. The molecule has 0 amide bonds. The first kappa shape index (κ1) is 12.9. The molecule has 0 N–H and O–H groups in total. The molecule has 2 saturated heterocycles. The van der Waals surface area contributed by atoms with Gasteiger partial charge in [0.25, 0.3) is 0 Å². The second-order valence-corrected chi connectivity index (χ2v) is 6.78. The number of rotatable bonds is 3. The van der Waals surface area contributed by atoms with Crippen LogP contribution in [0.3, 0.4) is 0 Å². The third-order valence-electron chi connectivity index (χ3n) is 3.20. The molecule has 2 aromatic rings. The van der Waals surface area contributed by atoms with Crippen LogP contribution >= 0.6 is 22.7 Å². The molecule has 4 nitrogen and oxygen atoms in total. The zero-order valence-electron chi connectivity index (χ0n) is 10.7. The van der Waals surface area contributed by atoms with E-state index in [1.54, 1.807) is 22.7 Å². The minimum absolute atomic E-state index is 0.185. The van der Waals surface area contributed by atoms with Crippen molar-refractivity contribution in [2.24, 2.45) is 0 Å². The summed E-state index contributed by atoms with van der Waals surface area (Å²) < 4.78 is 22.1. The Morgan fingerprint density at radius 1 is 0.650 bits per heavy atom. The molecule has 106 valence electrons. The summed E-state index contributed by atoms with van der Waals surface area (Å²) in [6.07, 6.45) is -0.371. The highest BCUT2D eigenvalue weighted by Crippen LogP contribution is 2.40. The fraction of sp³-hybridized carbons (Fsp3) is 0.429. The Morgan fingerprint density at radius 3 is 1.45 bits per heavy atom. The van der Waals surface area contributed by atoms with Gasteiger partial charge in [0, 0.05) is 9.75 Å². The summed E-state index contributed by atoms with van der Waals surface area (Å²) in [4.78, 5) is 4.71. The van der Waals surface area contributed by atoms with Crippen molar-refractivity contribution in [1.82, 2.24) is 0 Å². The fourth-order valence-electron chi connectivity index (χ4n) is 2.27. The monoisotopic (exact) mass is 310 g/mol. The summed E-state index contributed by atoms with van der Waals surface area (Å²) in [5.74, 6) is 0. The Kier molecular flexibility index (Phi) is 3.59. The van der Waals surface area contributed by atoms with E-state index >= 15 is 0 Å². The maximum Gasteiger partial charge on any atom is 0.193 e. The molecule has 0 spiro atoms. The van der Waals surface area contributed by atoms with Crippen LogP contribution in [-0.4, -0.2) is 26.4 Å². The second kappa shape index (κ2) is 5.55. The van der Waals surface area contributed by atoms with E-state index in [1.165, 1.54) is 9.75 Å². The summed E-state index contributed by atoms with van der Waals surface area (Å²) >= 11 is 3.44. The van der Waals surface area contributed by atoms with Gasteiger partial charge >= 0.3 is 0 Å². The molecule has 0 aromatic carbocycles. The smallest absolute Gasteiger partial charge is 0.193 e. The van der Waals surface area contributed by atoms with Crippen molar-refractivity contribution < 1.29 is 18.9 Å². The van der Waals surface area contributed by atoms with Crippen LogP contribution < -0.4 is 0 Å². The first-order chi connectivity index (χ1) is 9.90. The zero-order valence-corrected chi connectivity index (χ0v) is 12.4. The van der Waals surface area contributed by atoms with Gasteiger partial charge in [-0.3, -0.25) is 0 Å². The van der Waals surface area contributed by atoms with E-state index in [9.17, 15) is 0 Å². The van der Waals surface area contributed by atoms with Gasteiger partial charge in [-0.25, -0.2) is 0 Å². The van der Waals surface area contributed by atoms with Crippen LogP contribution in [0.4, 0.5) is 0 Å². The minimum Gasteiger partial charge on any atom is -0.345 e. The lowest BCUT2D eigenvalue weighted by atomic mass is 10.3. The molecule has 6 heteroatoms. The van der Waals surface area contributed by atoms with Crippen molar-refractivity contribution in [2.75, 3.05) is 26.4 Å². The molecule has 2 aliphatic heterocycles. The largest absolute Gasteiger partial charge is 0.345 e. The molecule has 2 aliphatic rings. The van der Waals surface area contributed by atoms with Crippen LogP contribution in [0.5, 0.6) is 0 Å². The average molecular weight is 310 g/mol. The van der Waals surface area contributed by atoms with Gasteiger partial charge < -0.3 is 18.9 Å². The van der Waals surface area contributed by atoms with E-state index in [4.69, 9.17) is 18.9 Å². The number of thiophene rings is 2. The van der Waals surface area contributed by atoms with Gasteiger partial charge in [0.1, 0.15) is 0 Å². The molecule has 0 radical (unpaired) electrons. The quantitative estimate of drug-likeness (QED) is 0.868. The van der Waals surface area contributed by atoms with Crippen molar-refractivity contribution in [3.8, 4) is 9.75 Å². The van der Waals surface area contributed by atoms with Crippen LogP contribution in [0, 0.1) is 0 Å². The Balaban J connectivity index is 1.54. The summed E-state index contributed by atoms with van der Waals surface area (Å²) in [6.45, 7) is 2.71. The summed E-state index contributed by atoms with van der Waals surface area (Å²) in [7, 11) is 0. The van der Waals surface area contributed by atoms with Gasteiger partial charge in [-0.2, -0.15) is 0 Å². The molecular weight excluding hydrogens is 296 g/mol. The third kappa shape index (κ3) is 2.43. The van der Waals surface area contributed by atoms with Crippen LogP contribution in [0.1, 0.15) is 22.3 Å². The topological polar surface area (TPSA) is 36.9 Å². The highest BCUT2D eigenvalue weighted by Gasteiger charge is 2.22. The lowest BCUT2D eigenvalue weighted by molar-refractivity contribution is -0.0415. The van der Waals surface area contributed by atoms with Crippen LogP contribution in [-0.2, 0) is 18.9 Å². The lowest BCUT2D eigenvalue weighted by Gasteiger charge is -2.05. The van der Waals surface area contributed by atoms with Crippen molar-refractivity contribution >= 4 is 22.7 Å². The van der Waals surface area contributed by atoms with Crippen molar-refractivity contribution in [2.45, 2.75) is 12.6 Å². The van der Waals surface area contributed by atoms with Gasteiger partial charge in [-0.15, -0.1) is 22.7 Å². The standard InChI is InChI=1S/C14H14O4S2/c1-3-11(13-15-5-6-16-13)19-9(1)10-2-4-12(20-10)14-17-7-8-18-14/h1-4,13-14H,5-8H2. The maximum atomic E-state index is 5.53. The molecule has 0 saturated carbocycles. The Hall–Kier alpha value is -0.760. The van der Waals surface area contributed by atoms with Gasteiger partial charge in [0.05, 0.1) is 36.2 Å². The molecule has 4 rings (SSSR count). The SMILES string of the molecule is c1cc(C2OCCO2)sc1-c1ccc(C2OCCO2)s1. The van der Waals surface area contributed by atoms with Gasteiger partial charge in [-0.1, -0.05) is 0 Å². The summed E-state index contributed by atoms with van der Waals surface area (Å²) in [6, 6.07) is 8.41. The summed E-state index contributed by atoms with van der Waals surface area (Å²) in [5.41, 5.74) is 0. The van der Waals surface area contributed by atoms with E-state index < -0.39 is 0 Å². The van der Waals surface area contributed by atoms with Crippen molar-refractivity contribution in [3.63, 3.8) is 0 Å². The predicted octanol–water partition coefficient (Wildman–Crippen LogP) is 3.57. The summed E-state index contributed by atoms with van der Waals surface area (Å²) in [5, 5.41) is 0. The highest BCUT2D eigenvalue weighted by molar-refractivity contribution is 7.22. The van der Waals surface area contributed by atoms with E-state index in [-0.39, 0.29) is 12.6 Å². The predicted molar refractivity (Wildman–Crippen MR) is 76.9 cm³/mol. The third-order valence-corrected chi connectivity index (χ3v) is 5.61. The molecule has 0 atom stereocenters.